The Kier molecular flexibility index (Phi) is 10.7. The largest absolute Gasteiger partial charge is 0.392 e. The zero-order valence-corrected chi connectivity index (χ0v) is 19.8. The van der Waals surface area contributed by atoms with E-state index >= 15 is 0 Å². The fourth-order valence-corrected chi connectivity index (χ4v) is 4.31. The van der Waals surface area contributed by atoms with Crippen molar-refractivity contribution in [3.8, 4) is 36.4 Å². The van der Waals surface area contributed by atoms with Crippen molar-refractivity contribution in [3.63, 3.8) is 0 Å². The average Bonchev–Trinajstić information content (AvgIpc) is 2.87. The molecule has 4 N–H and O–H groups in total. The molecule has 0 saturated heterocycles. The molecule has 10 nitrogen and oxygen atoms in total. The first-order valence-corrected chi connectivity index (χ1v) is 11.6. The van der Waals surface area contributed by atoms with Crippen LogP contribution >= 0.6 is 0 Å². The molecule has 10 heteroatoms. The summed E-state index contributed by atoms with van der Waals surface area (Å²) >= 11 is 0. The standard InChI is InChI=1S/C26H26N8O2/c27-11-17(12-28)21-7-19(35)9-25(23(21)15-31)33-5-3-1-2-4-6-34-26-10-20(36)8-22(24(26)16-32)18(13-29)14-30/h19-20,33-36H,1-10H2. The fraction of sp³-hybridized carbons (Fsp3) is 0.462. The van der Waals surface area contributed by atoms with Gasteiger partial charge in [0.05, 0.1) is 23.4 Å². The van der Waals surface area contributed by atoms with E-state index in [9.17, 15) is 20.7 Å². The molecule has 0 heterocycles. The Morgan fingerprint density at radius 3 is 1.28 bits per heavy atom. The summed E-state index contributed by atoms with van der Waals surface area (Å²) in [6.07, 6.45) is 2.55. The molecule has 0 saturated carbocycles. The number of aliphatic hydroxyl groups is 2. The van der Waals surface area contributed by atoms with Gasteiger partial charge in [0.2, 0.25) is 0 Å². The highest BCUT2D eigenvalue weighted by molar-refractivity contribution is 5.58. The highest BCUT2D eigenvalue weighted by atomic mass is 16.3. The van der Waals surface area contributed by atoms with Crippen molar-refractivity contribution >= 4 is 0 Å². The lowest BCUT2D eigenvalue weighted by atomic mass is 9.86. The van der Waals surface area contributed by atoms with Crippen LogP contribution in [-0.2, 0) is 0 Å². The SMILES string of the molecule is N#CC(C#N)=C1CC(O)CC(NCCCCCCNC2=C(C#N)C(=C(C#N)C#N)CC(O)C2)=C1C#N. The number of nitrogens with zero attached hydrogens (tertiary/aromatic N) is 6. The quantitative estimate of drug-likeness (QED) is 0.278. The molecular weight excluding hydrogens is 456 g/mol. The maximum Gasteiger partial charge on any atom is 0.134 e. The number of rotatable bonds is 9. The molecular formula is C26H26N8O2. The molecule has 2 aliphatic rings. The molecule has 0 amide bonds. The molecule has 0 aromatic carbocycles. The molecule has 0 spiro atoms. The number of aliphatic hydroxyl groups excluding tert-OH is 2. The van der Waals surface area contributed by atoms with Gasteiger partial charge in [0.15, 0.2) is 0 Å². The van der Waals surface area contributed by atoms with E-state index in [1.165, 1.54) is 0 Å². The lowest BCUT2D eigenvalue weighted by Gasteiger charge is -2.24. The lowest BCUT2D eigenvalue weighted by Crippen LogP contribution is -2.27. The van der Waals surface area contributed by atoms with Gasteiger partial charge in [0.25, 0.3) is 0 Å². The van der Waals surface area contributed by atoms with Crippen LogP contribution in [0.2, 0.25) is 0 Å². The summed E-state index contributed by atoms with van der Waals surface area (Å²) in [5, 5.41) is 82.2. The monoisotopic (exact) mass is 482 g/mol. The van der Waals surface area contributed by atoms with Crippen molar-refractivity contribution in [3.05, 3.63) is 44.8 Å². The van der Waals surface area contributed by atoms with Crippen LogP contribution in [0.4, 0.5) is 0 Å². The van der Waals surface area contributed by atoms with Crippen molar-refractivity contribution in [2.24, 2.45) is 0 Å². The zero-order valence-electron chi connectivity index (χ0n) is 19.8. The first-order chi connectivity index (χ1) is 17.4. The minimum absolute atomic E-state index is 0.101. The van der Waals surface area contributed by atoms with Gasteiger partial charge in [-0.05, 0) is 12.8 Å². The summed E-state index contributed by atoms with van der Waals surface area (Å²) in [5.74, 6) is 0. The number of hydrogen-bond acceptors (Lipinski definition) is 10. The number of nitriles is 6. The van der Waals surface area contributed by atoms with Gasteiger partial charge in [-0.2, -0.15) is 31.6 Å². The Balaban J connectivity index is 1.87. The normalized spacial score (nSPS) is 19.1. The van der Waals surface area contributed by atoms with Crippen molar-refractivity contribution in [1.29, 1.82) is 31.6 Å². The van der Waals surface area contributed by atoms with E-state index < -0.39 is 12.2 Å². The fourth-order valence-electron chi connectivity index (χ4n) is 4.31. The first-order valence-electron chi connectivity index (χ1n) is 11.6. The summed E-state index contributed by atoms with van der Waals surface area (Å²) in [5.41, 5.74) is 1.84. The van der Waals surface area contributed by atoms with E-state index in [0.717, 1.165) is 25.7 Å². The summed E-state index contributed by atoms with van der Waals surface area (Å²) in [4.78, 5) is 0. The van der Waals surface area contributed by atoms with Gasteiger partial charge >= 0.3 is 0 Å². The average molecular weight is 483 g/mol. The number of allylic oxidation sites excluding steroid dienone is 4. The van der Waals surface area contributed by atoms with Crippen LogP contribution in [0, 0.1) is 68.0 Å². The molecule has 2 aliphatic carbocycles. The highest BCUT2D eigenvalue weighted by Gasteiger charge is 2.27. The zero-order chi connectivity index (χ0) is 26.5. The molecule has 0 aromatic rings. The Morgan fingerprint density at radius 2 is 0.972 bits per heavy atom. The van der Waals surface area contributed by atoms with Crippen LogP contribution in [-0.4, -0.2) is 35.5 Å². The summed E-state index contributed by atoms with van der Waals surface area (Å²) in [6, 6.07) is 11.3. The lowest BCUT2D eigenvalue weighted by molar-refractivity contribution is 0.168. The van der Waals surface area contributed by atoms with E-state index in [2.05, 4.69) is 22.8 Å². The molecule has 2 atom stereocenters. The van der Waals surface area contributed by atoms with E-state index in [-0.39, 0.29) is 59.1 Å². The maximum atomic E-state index is 10.1. The topological polar surface area (TPSA) is 207 Å². The van der Waals surface area contributed by atoms with Crippen LogP contribution in [0.5, 0.6) is 0 Å². The van der Waals surface area contributed by atoms with Gasteiger partial charge in [-0.1, -0.05) is 12.8 Å². The van der Waals surface area contributed by atoms with Crippen LogP contribution in [0.1, 0.15) is 51.4 Å². The predicted octanol–water partition coefficient (Wildman–Crippen LogP) is 2.28. The molecule has 0 aromatic heterocycles. The van der Waals surface area contributed by atoms with Gasteiger partial charge in [0, 0.05) is 61.3 Å². The van der Waals surface area contributed by atoms with Crippen LogP contribution in [0.3, 0.4) is 0 Å². The Hall–Kier alpha value is -4.58. The first kappa shape index (κ1) is 27.7. The minimum atomic E-state index is -0.763. The van der Waals surface area contributed by atoms with E-state index in [4.69, 9.17) is 21.0 Å². The van der Waals surface area contributed by atoms with E-state index in [1.54, 1.807) is 24.3 Å². The second-order valence-electron chi connectivity index (χ2n) is 8.48. The third kappa shape index (κ3) is 6.96. The Labute approximate surface area is 210 Å². The highest BCUT2D eigenvalue weighted by Crippen LogP contribution is 2.31. The van der Waals surface area contributed by atoms with Crippen molar-refractivity contribution in [2.45, 2.75) is 63.6 Å². The molecule has 36 heavy (non-hydrogen) atoms. The predicted molar refractivity (Wildman–Crippen MR) is 127 cm³/mol. The van der Waals surface area contributed by atoms with Gasteiger partial charge < -0.3 is 20.8 Å². The van der Waals surface area contributed by atoms with Crippen LogP contribution in [0.15, 0.2) is 44.8 Å². The van der Waals surface area contributed by atoms with Crippen LogP contribution < -0.4 is 10.6 Å². The third-order valence-corrected chi connectivity index (χ3v) is 6.02. The molecule has 2 unspecified atom stereocenters. The third-order valence-electron chi connectivity index (χ3n) is 6.02. The second-order valence-corrected chi connectivity index (χ2v) is 8.48. The summed E-state index contributed by atoms with van der Waals surface area (Å²) in [7, 11) is 0. The van der Waals surface area contributed by atoms with E-state index in [1.807, 2.05) is 0 Å². The number of unbranched alkanes of at least 4 members (excludes halogenated alkanes) is 3. The van der Waals surface area contributed by atoms with Gasteiger partial charge in [0.1, 0.15) is 47.6 Å². The Morgan fingerprint density at radius 1 is 0.611 bits per heavy atom. The molecule has 0 bridgehead atoms. The van der Waals surface area contributed by atoms with Crippen molar-refractivity contribution in [2.75, 3.05) is 13.1 Å². The van der Waals surface area contributed by atoms with Crippen molar-refractivity contribution < 1.29 is 10.2 Å². The molecule has 2 rings (SSSR count). The van der Waals surface area contributed by atoms with E-state index in [0.29, 0.717) is 24.5 Å². The number of hydrogen-bond donors (Lipinski definition) is 4. The summed E-state index contributed by atoms with van der Waals surface area (Å²) in [6.45, 7) is 1.13. The van der Waals surface area contributed by atoms with Crippen molar-refractivity contribution in [1.82, 2.24) is 10.6 Å². The smallest absolute Gasteiger partial charge is 0.134 e. The molecule has 0 radical (unpaired) electrons. The van der Waals surface area contributed by atoms with Crippen LogP contribution in [0.25, 0.3) is 0 Å². The summed E-state index contributed by atoms with van der Waals surface area (Å²) < 4.78 is 0. The van der Waals surface area contributed by atoms with Gasteiger partial charge in [-0.3, -0.25) is 0 Å². The maximum absolute atomic E-state index is 10.1. The molecule has 0 fully saturated rings. The molecule has 0 aliphatic heterocycles. The van der Waals surface area contributed by atoms with Gasteiger partial charge in [-0.15, -0.1) is 0 Å². The second kappa shape index (κ2) is 14.0. The Bertz CT molecular complexity index is 1120. The van der Waals surface area contributed by atoms with Gasteiger partial charge in [-0.25, -0.2) is 0 Å². The molecule has 182 valence electrons. The minimum Gasteiger partial charge on any atom is -0.392 e. The number of nitrogens with one attached hydrogen (secondary N) is 2.